The maximum atomic E-state index is 12.6. The monoisotopic (exact) mass is 311 g/mol. The van der Waals surface area contributed by atoms with Gasteiger partial charge in [-0.3, -0.25) is 4.79 Å². The van der Waals surface area contributed by atoms with Crippen molar-refractivity contribution in [2.45, 2.75) is 39.3 Å². The summed E-state index contributed by atoms with van der Waals surface area (Å²) in [5.74, 6) is -0.230. The number of Topliss-reactive ketones (excluding diaryl/α,β-unsaturated/α-hetero) is 1. The Morgan fingerprint density at radius 1 is 1.27 bits per heavy atom. The molecule has 2 nitrogen and oxygen atoms in total. The highest BCUT2D eigenvalue weighted by Gasteiger charge is 2.31. The van der Waals surface area contributed by atoms with Crippen LogP contribution in [0.2, 0.25) is 0 Å². The predicted octanol–water partition coefficient (Wildman–Crippen LogP) is 4.57. The lowest BCUT2D eigenvalue weighted by Gasteiger charge is -2.25. The van der Waals surface area contributed by atoms with Crippen molar-refractivity contribution >= 4 is 5.78 Å². The van der Waals surface area contributed by atoms with E-state index in [0.717, 1.165) is 37.2 Å². The maximum Gasteiger partial charge on any atom is 0.416 e. The molecular formula is C17H20F3NO. The number of ketones is 1. The van der Waals surface area contributed by atoms with Crippen molar-refractivity contribution in [2.24, 2.45) is 5.92 Å². The van der Waals surface area contributed by atoms with E-state index >= 15 is 0 Å². The quantitative estimate of drug-likeness (QED) is 0.825. The molecule has 120 valence electrons. The van der Waals surface area contributed by atoms with Gasteiger partial charge in [-0.2, -0.15) is 13.2 Å². The number of hydrogen-bond donors (Lipinski definition) is 1. The molecule has 1 aliphatic rings. The first-order valence-corrected chi connectivity index (χ1v) is 7.47. The average molecular weight is 311 g/mol. The third kappa shape index (κ3) is 3.70. The minimum atomic E-state index is -4.37. The van der Waals surface area contributed by atoms with Crippen molar-refractivity contribution < 1.29 is 18.0 Å². The van der Waals surface area contributed by atoms with Crippen molar-refractivity contribution in [3.8, 4) is 0 Å². The Balaban J connectivity index is 2.12. The molecule has 2 rings (SSSR count). The molecule has 0 bridgehead atoms. The minimum absolute atomic E-state index is 0.0726. The standard InChI is InChI=1S/C17H20F3NO/c1-3-21-15-10-13(5-4-11(15)2)16(22)12-6-8-14(9-7-12)17(18,19)20/h6-9,13,21H,3-5,10H2,1-2H3. The molecule has 0 aromatic heterocycles. The van der Waals surface area contributed by atoms with E-state index in [0.29, 0.717) is 12.0 Å². The molecule has 0 amide bonds. The van der Waals surface area contributed by atoms with E-state index in [4.69, 9.17) is 0 Å². The van der Waals surface area contributed by atoms with Gasteiger partial charge in [0.2, 0.25) is 0 Å². The van der Waals surface area contributed by atoms with Crippen LogP contribution in [0.1, 0.15) is 49.0 Å². The Hall–Kier alpha value is -1.78. The molecular weight excluding hydrogens is 291 g/mol. The van der Waals surface area contributed by atoms with Crippen LogP contribution in [0.4, 0.5) is 13.2 Å². The van der Waals surface area contributed by atoms with Crippen molar-refractivity contribution in [1.82, 2.24) is 5.32 Å². The number of carbonyl (C=O) groups is 1. The molecule has 0 saturated carbocycles. The van der Waals surface area contributed by atoms with Gasteiger partial charge in [-0.1, -0.05) is 17.7 Å². The molecule has 0 spiro atoms. The van der Waals surface area contributed by atoms with E-state index in [1.165, 1.54) is 17.7 Å². The Kier molecular flexibility index (Phi) is 4.94. The fourth-order valence-corrected chi connectivity index (χ4v) is 2.78. The highest BCUT2D eigenvalue weighted by atomic mass is 19.4. The number of benzene rings is 1. The SMILES string of the molecule is CCNC1=C(C)CCC(C(=O)c2ccc(C(F)(F)F)cc2)C1. The number of hydrogen-bond acceptors (Lipinski definition) is 2. The Morgan fingerprint density at radius 3 is 2.45 bits per heavy atom. The zero-order valence-corrected chi connectivity index (χ0v) is 12.8. The fraction of sp³-hybridized carbons (Fsp3) is 0.471. The normalized spacial score (nSPS) is 19.2. The second-order valence-corrected chi connectivity index (χ2v) is 5.67. The van der Waals surface area contributed by atoms with Crippen LogP contribution in [0.15, 0.2) is 35.5 Å². The summed E-state index contributed by atoms with van der Waals surface area (Å²) >= 11 is 0. The summed E-state index contributed by atoms with van der Waals surface area (Å²) in [6, 6.07) is 4.51. The first-order chi connectivity index (χ1) is 10.3. The van der Waals surface area contributed by atoms with E-state index in [2.05, 4.69) is 12.2 Å². The molecule has 0 radical (unpaired) electrons. The minimum Gasteiger partial charge on any atom is -0.389 e. The average Bonchev–Trinajstić information content (AvgIpc) is 2.48. The molecule has 1 unspecified atom stereocenters. The van der Waals surface area contributed by atoms with E-state index < -0.39 is 11.7 Å². The first kappa shape index (κ1) is 16.6. The van der Waals surface area contributed by atoms with Crippen LogP contribution in [0.3, 0.4) is 0 Å². The van der Waals surface area contributed by atoms with E-state index in [-0.39, 0.29) is 11.7 Å². The molecule has 0 fully saturated rings. The highest BCUT2D eigenvalue weighted by Crippen LogP contribution is 2.32. The molecule has 5 heteroatoms. The molecule has 0 heterocycles. The molecule has 1 N–H and O–H groups in total. The fourth-order valence-electron chi connectivity index (χ4n) is 2.78. The van der Waals surface area contributed by atoms with Crippen LogP contribution in [0.5, 0.6) is 0 Å². The van der Waals surface area contributed by atoms with Crippen molar-refractivity contribution in [2.75, 3.05) is 6.54 Å². The zero-order valence-electron chi connectivity index (χ0n) is 12.8. The number of halogens is 3. The molecule has 0 saturated heterocycles. The molecule has 1 aliphatic carbocycles. The van der Waals surface area contributed by atoms with Crippen molar-refractivity contribution in [3.05, 3.63) is 46.7 Å². The first-order valence-electron chi connectivity index (χ1n) is 7.47. The number of alkyl halides is 3. The number of carbonyl (C=O) groups excluding carboxylic acids is 1. The number of rotatable bonds is 4. The summed E-state index contributed by atoms with van der Waals surface area (Å²) in [5, 5.41) is 3.28. The van der Waals surface area contributed by atoms with Crippen molar-refractivity contribution in [3.63, 3.8) is 0 Å². The van der Waals surface area contributed by atoms with Gasteiger partial charge in [0.15, 0.2) is 5.78 Å². The van der Waals surface area contributed by atoms with E-state index in [9.17, 15) is 18.0 Å². The lowest BCUT2D eigenvalue weighted by Crippen LogP contribution is -2.25. The van der Waals surface area contributed by atoms with Gasteiger partial charge in [0.05, 0.1) is 5.56 Å². The lowest BCUT2D eigenvalue weighted by atomic mass is 9.82. The Morgan fingerprint density at radius 2 is 1.91 bits per heavy atom. The van der Waals surface area contributed by atoms with Crippen LogP contribution in [0.25, 0.3) is 0 Å². The third-order valence-electron chi connectivity index (χ3n) is 4.09. The van der Waals surface area contributed by atoms with Gasteiger partial charge in [-0.05, 0) is 45.2 Å². The van der Waals surface area contributed by atoms with Gasteiger partial charge in [0.25, 0.3) is 0 Å². The Labute approximate surface area is 128 Å². The largest absolute Gasteiger partial charge is 0.416 e. The van der Waals surface area contributed by atoms with Gasteiger partial charge >= 0.3 is 6.18 Å². The second-order valence-electron chi connectivity index (χ2n) is 5.67. The predicted molar refractivity (Wildman–Crippen MR) is 79.5 cm³/mol. The van der Waals surface area contributed by atoms with Crippen LogP contribution in [-0.4, -0.2) is 12.3 Å². The smallest absolute Gasteiger partial charge is 0.389 e. The maximum absolute atomic E-state index is 12.6. The van der Waals surface area contributed by atoms with Crippen LogP contribution >= 0.6 is 0 Å². The Bertz CT molecular complexity index is 573. The number of allylic oxidation sites excluding steroid dienone is 2. The zero-order chi connectivity index (χ0) is 16.3. The van der Waals surface area contributed by atoms with Crippen LogP contribution in [0, 0.1) is 5.92 Å². The van der Waals surface area contributed by atoms with Gasteiger partial charge in [0, 0.05) is 23.7 Å². The second kappa shape index (κ2) is 6.55. The lowest BCUT2D eigenvalue weighted by molar-refractivity contribution is -0.137. The molecule has 1 aromatic rings. The molecule has 0 aliphatic heterocycles. The van der Waals surface area contributed by atoms with E-state index in [1.807, 2.05) is 6.92 Å². The number of nitrogens with one attached hydrogen (secondary N) is 1. The van der Waals surface area contributed by atoms with Gasteiger partial charge in [0.1, 0.15) is 0 Å². The molecule has 1 atom stereocenters. The van der Waals surface area contributed by atoms with Crippen LogP contribution in [-0.2, 0) is 6.18 Å². The third-order valence-corrected chi connectivity index (χ3v) is 4.09. The summed E-state index contributed by atoms with van der Waals surface area (Å²) in [4.78, 5) is 12.5. The summed E-state index contributed by atoms with van der Waals surface area (Å²) in [6.07, 6.45) is -2.13. The summed E-state index contributed by atoms with van der Waals surface area (Å²) < 4.78 is 37.7. The highest BCUT2D eigenvalue weighted by molar-refractivity contribution is 5.98. The summed E-state index contributed by atoms with van der Waals surface area (Å²) in [6.45, 7) is 4.85. The summed E-state index contributed by atoms with van der Waals surface area (Å²) in [7, 11) is 0. The van der Waals surface area contributed by atoms with Gasteiger partial charge < -0.3 is 5.32 Å². The van der Waals surface area contributed by atoms with Crippen LogP contribution < -0.4 is 5.32 Å². The van der Waals surface area contributed by atoms with Gasteiger partial charge in [-0.15, -0.1) is 0 Å². The molecule has 1 aromatic carbocycles. The summed E-state index contributed by atoms with van der Waals surface area (Å²) in [5.41, 5.74) is 1.99. The van der Waals surface area contributed by atoms with Gasteiger partial charge in [-0.25, -0.2) is 0 Å². The van der Waals surface area contributed by atoms with Crippen molar-refractivity contribution in [1.29, 1.82) is 0 Å². The topological polar surface area (TPSA) is 29.1 Å². The van der Waals surface area contributed by atoms with E-state index in [1.54, 1.807) is 0 Å². The molecule has 22 heavy (non-hydrogen) atoms.